The first kappa shape index (κ1) is 29.1. The second kappa shape index (κ2) is 11.8. The summed E-state index contributed by atoms with van der Waals surface area (Å²) in [6.45, 7) is 2.42. The first-order valence-corrected chi connectivity index (χ1v) is 13.9. The summed E-state index contributed by atoms with van der Waals surface area (Å²) in [6, 6.07) is 18.7. The van der Waals surface area contributed by atoms with Gasteiger partial charge in [-0.3, -0.25) is 9.78 Å². The van der Waals surface area contributed by atoms with Crippen molar-refractivity contribution in [3.05, 3.63) is 83.0 Å². The number of anilines is 1. The third-order valence-electron chi connectivity index (χ3n) is 8.44. The molecule has 2 aromatic carbocycles. The van der Waals surface area contributed by atoms with Crippen molar-refractivity contribution in [2.75, 3.05) is 38.1 Å². The second-order valence-electron chi connectivity index (χ2n) is 11.1. The Labute approximate surface area is 243 Å². The Morgan fingerprint density at radius 3 is 2.48 bits per heavy atom. The molecule has 0 spiro atoms. The molecule has 0 unspecified atom stereocenters. The van der Waals surface area contributed by atoms with Gasteiger partial charge < -0.3 is 15.1 Å². The first-order valence-electron chi connectivity index (χ1n) is 13.9. The predicted octanol–water partition coefficient (Wildman–Crippen LogP) is 5.06. The lowest BCUT2D eigenvalue weighted by atomic mass is 9.72. The van der Waals surface area contributed by atoms with E-state index >= 15 is 0 Å². The van der Waals surface area contributed by atoms with E-state index in [0.29, 0.717) is 37.3 Å². The number of amides is 1. The summed E-state index contributed by atoms with van der Waals surface area (Å²) in [5.41, 5.74) is 1.83. The van der Waals surface area contributed by atoms with Crippen LogP contribution in [0, 0.1) is 22.7 Å². The maximum Gasteiger partial charge on any atom is 0.416 e. The largest absolute Gasteiger partial charge is 0.416 e. The van der Waals surface area contributed by atoms with E-state index in [9.17, 15) is 28.5 Å². The van der Waals surface area contributed by atoms with Gasteiger partial charge in [-0.1, -0.05) is 30.3 Å². The van der Waals surface area contributed by atoms with Crippen molar-refractivity contribution in [2.24, 2.45) is 0 Å². The molecule has 0 aliphatic carbocycles. The summed E-state index contributed by atoms with van der Waals surface area (Å²) in [5, 5.41) is 22.1. The molecule has 1 atom stereocenters. The molecule has 1 amide bonds. The number of pyridine rings is 1. The molecule has 2 aliphatic rings. The van der Waals surface area contributed by atoms with Gasteiger partial charge >= 0.3 is 6.18 Å². The van der Waals surface area contributed by atoms with Crippen LogP contribution in [-0.2, 0) is 22.8 Å². The number of likely N-dealkylation sites (N-methyl/N-ethyl adjacent to an activating group) is 1. The van der Waals surface area contributed by atoms with Crippen LogP contribution in [0.25, 0.3) is 11.3 Å². The Bertz CT molecular complexity index is 1530. The van der Waals surface area contributed by atoms with Gasteiger partial charge in [-0.25, -0.2) is 0 Å². The SMILES string of the molecule is CN1CC[C@@H](NC(=O)C2(c3ccc(-c4ccccc4CC#N)nc3)CCN(c3ccc(C(F)(F)F)cc3C#N)CC2)C1. The fourth-order valence-electron chi connectivity index (χ4n) is 6.08. The summed E-state index contributed by atoms with van der Waals surface area (Å²) < 4.78 is 39.8. The monoisotopic (exact) mass is 572 g/mol. The number of rotatable bonds is 6. The second-order valence-corrected chi connectivity index (χ2v) is 11.1. The molecule has 216 valence electrons. The molecule has 0 bridgehead atoms. The predicted molar refractivity (Wildman–Crippen MR) is 152 cm³/mol. The first-order chi connectivity index (χ1) is 20.1. The highest BCUT2D eigenvalue weighted by Crippen LogP contribution is 2.40. The zero-order valence-corrected chi connectivity index (χ0v) is 23.3. The van der Waals surface area contributed by atoms with Crippen molar-refractivity contribution in [1.29, 1.82) is 10.5 Å². The molecule has 3 heterocycles. The molecule has 5 rings (SSSR count). The van der Waals surface area contributed by atoms with Crippen LogP contribution in [0.15, 0.2) is 60.8 Å². The maximum atomic E-state index is 14.0. The minimum absolute atomic E-state index is 0.0302. The molecule has 1 N–H and O–H groups in total. The Morgan fingerprint density at radius 2 is 1.86 bits per heavy atom. The molecular weight excluding hydrogens is 541 g/mol. The number of benzene rings is 2. The topological polar surface area (TPSA) is 96.1 Å². The van der Waals surface area contributed by atoms with Crippen molar-refractivity contribution in [3.8, 4) is 23.4 Å². The summed E-state index contributed by atoms with van der Waals surface area (Å²) in [6.07, 6.45) is -0.894. The third kappa shape index (κ3) is 5.81. The van der Waals surface area contributed by atoms with Gasteiger partial charge in [-0.05, 0) is 68.2 Å². The number of piperidine rings is 1. The van der Waals surface area contributed by atoms with Crippen LogP contribution in [0.1, 0.15) is 41.5 Å². The molecule has 2 aliphatic heterocycles. The van der Waals surface area contributed by atoms with Crippen LogP contribution >= 0.6 is 0 Å². The van der Waals surface area contributed by atoms with Crippen LogP contribution in [0.4, 0.5) is 18.9 Å². The molecule has 2 fully saturated rings. The minimum atomic E-state index is -4.54. The molecule has 1 aromatic heterocycles. The summed E-state index contributed by atoms with van der Waals surface area (Å²) >= 11 is 0. The van der Waals surface area contributed by atoms with Crippen LogP contribution < -0.4 is 10.2 Å². The van der Waals surface area contributed by atoms with Gasteiger partial charge in [0, 0.05) is 37.4 Å². The normalized spacial score (nSPS) is 18.7. The highest BCUT2D eigenvalue weighted by atomic mass is 19.4. The van der Waals surface area contributed by atoms with E-state index in [1.54, 1.807) is 6.20 Å². The number of nitrogens with zero attached hydrogens (tertiary/aromatic N) is 5. The summed E-state index contributed by atoms with van der Waals surface area (Å²) in [4.78, 5) is 22.8. The number of halogens is 3. The number of aromatic nitrogens is 1. The molecule has 0 saturated carbocycles. The lowest BCUT2D eigenvalue weighted by molar-refractivity contribution is -0.137. The smallest absolute Gasteiger partial charge is 0.370 e. The van der Waals surface area contributed by atoms with Crippen LogP contribution in [0.2, 0.25) is 0 Å². The number of nitriles is 2. The van der Waals surface area contributed by atoms with Gasteiger partial charge in [-0.15, -0.1) is 0 Å². The molecule has 7 nitrogen and oxygen atoms in total. The average Bonchev–Trinajstić information content (AvgIpc) is 3.41. The van der Waals surface area contributed by atoms with Gasteiger partial charge in [0.05, 0.1) is 40.4 Å². The van der Waals surface area contributed by atoms with E-state index in [1.165, 1.54) is 6.07 Å². The summed E-state index contributed by atoms with van der Waals surface area (Å²) in [7, 11) is 2.02. The minimum Gasteiger partial charge on any atom is -0.370 e. The third-order valence-corrected chi connectivity index (χ3v) is 8.44. The molecule has 10 heteroatoms. The molecule has 0 radical (unpaired) electrons. The van der Waals surface area contributed by atoms with Crippen molar-refractivity contribution < 1.29 is 18.0 Å². The zero-order valence-electron chi connectivity index (χ0n) is 23.3. The standard InChI is InChI=1S/C32H31F3N6O/c1-40-15-11-26(21-40)39-30(42)31(25-6-8-28(38-20-25)27-5-3-2-4-22(27)10-14-36)12-16-41(17-13-31)29-9-7-24(32(33,34)35)18-23(29)19-37/h2-9,18,20,26H,10-13,15-17,21H2,1H3,(H,39,42)/t26-/m1/s1. The number of hydrogen-bond donors (Lipinski definition) is 1. The van der Waals surface area contributed by atoms with Crippen LogP contribution in [0.5, 0.6) is 0 Å². The van der Waals surface area contributed by atoms with Crippen molar-refractivity contribution in [2.45, 2.75) is 43.3 Å². The maximum absolute atomic E-state index is 14.0. The number of likely N-dealkylation sites (tertiary alicyclic amines) is 1. The lowest BCUT2D eigenvalue weighted by Crippen LogP contribution is -2.54. The zero-order chi connectivity index (χ0) is 29.9. The summed E-state index contributed by atoms with van der Waals surface area (Å²) in [5.74, 6) is -0.0881. The molecule has 2 saturated heterocycles. The average molecular weight is 573 g/mol. The molecule has 3 aromatic rings. The van der Waals surface area contributed by atoms with Crippen LogP contribution in [0.3, 0.4) is 0 Å². The van der Waals surface area contributed by atoms with E-state index < -0.39 is 17.2 Å². The molecular formula is C32H31F3N6O. The number of carbonyl (C=O) groups is 1. The lowest BCUT2D eigenvalue weighted by Gasteiger charge is -2.42. The number of hydrogen-bond acceptors (Lipinski definition) is 6. The van der Waals surface area contributed by atoms with Gasteiger partial charge in [0.1, 0.15) is 6.07 Å². The van der Waals surface area contributed by atoms with Gasteiger partial charge in [-0.2, -0.15) is 23.7 Å². The van der Waals surface area contributed by atoms with Crippen molar-refractivity contribution in [3.63, 3.8) is 0 Å². The van der Waals surface area contributed by atoms with Crippen molar-refractivity contribution in [1.82, 2.24) is 15.2 Å². The van der Waals surface area contributed by atoms with Gasteiger partial charge in [0.2, 0.25) is 5.91 Å². The fourth-order valence-corrected chi connectivity index (χ4v) is 6.08. The van der Waals surface area contributed by atoms with E-state index in [2.05, 4.69) is 16.3 Å². The number of nitrogens with one attached hydrogen (secondary N) is 1. The Hall–Kier alpha value is -4.41. The number of carbonyl (C=O) groups excluding carboxylic acids is 1. The van der Waals surface area contributed by atoms with E-state index in [4.69, 9.17) is 4.98 Å². The van der Waals surface area contributed by atoms with Crippen LogP contribution in [-0.4, -0.2) is 55.1 Å². The highest BCUT2D eigenvalue weighted by molar-refractivity contribution is 5.89. The molecule has 42 heavy (non-hydrogen) atoms. The highest BCUT2D eigenvalue weighted by Gasteiger charge is 2.44. The number of alkyl halides is 3. The Morgan fingerprint density at radius 1 is 1.10 bits per heavy atom. The van der Waals surface area contributed by atoms with E-state index in [-0.39, 0.29) is 23.9 Å². The Kier molecular flexibility index (Phi) is 8.20. The Balaban J connectivity index is 1.44. The quantitative estimate of drug-likeness (QED) is 0.444. The fraction of sp³-hybridized carbons (Fsp3) is 0.375. The van der Waals surface area contributed by atoms with E-state index in [0.717, 1.165) is 48.3 Å². The van der Waals surface area contributed by atoms with Gasteiger partial charge in [0.25, 0.3) is 0 Å². The van der Waals surface area contributed by atoms with Gasteiger partial charge in [0.15, 0.2) is 0 Å². The van der Waals surface area contributed by atoms with E-state index in [1.807, 2.05) is 54.4 Å². The van der Waals surface area contributed by atoms with Crippen molar-refractivity contribution >= 4 is 11.6 Å².